The number of Topliss-reactive ketones (excluding diaryl/α,β-unsaturated/α-hetero) is 1. The van der Waals surface area contributed by atoms with Crippen LogP contribution in [0.25, 0.3) is 0 Å². The molecule has 0 spiro atoms. The molecule has 21 heteroatoms. The lowest BCUT2D eigenvalue weighted by molar-refractivity contribution is -0.135. The Morgan fingerprint density at radius 3 is 0.750 bits per heavy atom. The summed E-state index contributed by atoms with van der Waals surface area (Å²) in [5.41, 5.74) is 3.66. The van der Waals surface area contributed by atoms with Crippen molar-refractivity contribution in [1.29, 1.82) is 0 Å². The molecule has 0 saturated heterocycles. The lowest BCUT2D eigenvalue weighted by atomic mass is 9.84. The molecule has 21 nitrogen and oxygen atoms in total. The van der Waals surface area contributed by atoms with E-state index in [1.165, 1.54) is 0 Å². The van der Waals surface area contributed by atoms with E-state index in [4.69, 9.17) is 5.73 Å². The Bertz CT molecular complexity index is 2280. The van der Waals surface area contributed by atoms with Gasteiger partial charge in [0, 0.05) is 75.3 Å². The minimum atomic E-state index is -0.966. The van der Waals surface area contributed by atoms with Crippen molar-refractivity contribution in [2.24, 2.45) is 17.1 Å². The Balaban J connectivity index is 0. The van der Waals surface area contributed by atoms with Gasteiger partial charge >= 0.3 is 0 Å². The minimum Gasteiger partial charge on any atom is -0.355 e. The molecule has 7 atom stereocenters. The molecule has 0 heterocycles. The van der Waals surface area contributed by atoms with Crippen molar-refractivity contribution < 1.29 is 33.6 Å². The van der Waals surface area contributed by atoms with Crippen molar-refractivity contribution in [2.45, 2.75) is 409 Å². The van der Waals surface area contributed by atoms with Crippen LogP contribution in [0.5, 0.6) is 0 Å². The minimum absolute atomic E-state index is 0. The third-order valence-corrected chi connectivity index (χ3v) is 16.0. The van der Waals surface area contributed by atoms with Gasteiger partial charge in [0.05, 0.1) is 24.2 Å². The zero-order valence-corrected chi connectivity index (χ0v) is 69.8. The smallest absolute Gasteiger partial charge is 0.243 e. The van der Waals surface area contributed by atoms with E-state index in [0.29, 0.717) is 90.1 Å². The average Bonchev–Trinajstić information content (AvgIpc) is 0.857. The molecule has 0 fully saturated rings. The molecule has 0 rings (SSSR count). The molecular formula is C79H162N14O7. The summed E-state index contributed by atoms with van der Waals surface area (Å²) in [6.07, 6.45) is 14.0. The van der Waals surface area contributed by atoms with Crippen molar-refractivity contribution in [3.8, 4) is 0 Å². The maximum absolute atomic E-state index is 14.7. The molecule has 0 radical (unpaired) electrons. The number of hydrogen-bond donors (Lipinski definition) is 14. The molecule has 0 aromatic rings. The highest BCUT2D eigenvalue weighted by atomic mass is 16.2. The molecule has 0 bridgehead atoms. The number of carbonyl (C=O) groups is 7. The molecule has 100 heavy (non-hydrogen) atoms. The topological polar surface area (TPSA) is 302 Å². The fourth-order valence-corrected chi connectivity index (χ4v) is 11.0. The summed E-state index contributed by atoms with van der Waals surface area (Å²) in [4.78, 5) is 98.6. The highest BCUT2D eigenvalue weighted by molar-refractivity contribution is 5.95. The van der Waals surface area contributed by atoms with Crippen LogP contribution in [0.1, 0.15) is 329 Å². The van der Waals surface area contributed by atoms with E-state index in [2.05, 4.69) is 194 Å². The van der Waals surface area contributed by atoms with Gasteiger partial charge in [-0.15, -0.1) is 0 Å². The zero-order chi connectivity index (χ0) is 77.6. The van der Waals surface area contributed by atoms with Crippen LogP contribution in [0.2, 0.25) is 0 Å². The molecule has 0 aromatic carbocycles. The van der Waals surface area contributed by atoms with Crippen LogP contribution >= 0.6 is 0 Å². The van der Waals surface area contributed by atoms with Crippen molar-refractivity contribution in [3.05, 3.63) is 0 Å². The van der Waals surface area contributed by atoms with Gasteiger partial charge in [-0.1, -0.05) is 53.4 Å². The summed E-state index contributed by atoms with van der Waals surface area (Å²) in [6, 6.07) is -3.92. The van der Waals surface area contributed by atoms with Crippen LogP contribution in [-0.4, -0.2) is 168 Å². The third kappa shape index (κ3) is 59.5. The Kier molecular flexibility index (Phi) is 46.7. The second-order valence-corrected chi connectivity index (χ2v) is 38.0. The number of carbonyl (C=O) groups excluding carboxylic acids is 7. The second kappa shape index (κ2) is 47.6. The van der Waals surface area contributed by atoms with E-state index in [9.17, 15) is 33.6 Å². The monoisotopic (exact) mass is 1420 g/mol. The van der Waals surface area contributed by atoms with Gasteiger partial charge in [-0.2, -0.15) is 0 Å². The predicted octanol–water partition coefficient (Wildman–Crippen LogP) is 10.8. The number of hydrogen-bond acceptors (Lipinski definition) is 15. The molecular weight excluding hydrogens is 1260 g/mol. The van der Waals surface area contributed by atoms with Gasteiger partial charge in [0.25, 0.3) is 0 Å². The summed E-state index contributed by atoms with van der Waals surface area (Å²) in [7, 11) is 0. The first-order valence-electron chi connectivity index (χ1n) is 38.9. The van der Waals surface area contributed by atoms with Gasteiger partial charge in [-0.3, -0.25) is 33.6 Å². The molecule has 590 valence electrons. The molecule has 15 N–H and O–H groups in total. The third-order valence-electron chi connectivity index (χ3n) is 16.0. The number of nitrogens with one attached hydrogen (secondary N) is 13. The number of unbranched alkanes of at least 4 members (excludes halogenated alkanes) is 7. The first kappa shape index (κ1) is 98.2. The highest BCUT2D eigenvalue weighted by Gasteiger charge is 2.35. The van der Waals surface area contributed by atoms with Crippen molar-refractivity contribution in [3.63, 3.8) is 0 Å². The van der Waals surface area contributed by atoms with Gasteiger partial charge in [0.15, 0.2) is 5.78 Å². The normalized spacial score (nSPS) is 15.1. The van der Waals surface area contributed by atoms with Gasteiger partial charge < -0.3 is 74.9 Å². The van der Waals surface area contributed by atoms with Crippen LogP contribution in [0, 0.1) is 11.3 Å². The van der Waals surface area contributed by atoms with E-state index in [1.807, 2.05) is 69.2 Å². The Morgan fingerprint density at radius 1 is 0.260 bits per heavy atom. The highest BCUT2D eigenvalue weighted by Crippen LogP contribution is 2.21. The SMILES string of the molecule is CC(C)(C)N.CC(CCCCNC(C)(C)C)C(=O)NC(CCCCNC(=O)C(CCCCNC(C)(C)C)NC(C)(C)C)C(=O)NCCCCC(NC(=O)C(CCCCNC(=O)C(CCCCNC(C)(C)C)NC(C)(C)C)NC(=O)C(CCCCNC(C)(C)C)NC(C)(C)C)C(=O)C(C)(C)C. The summed E-state index contributed by atoms with van der Waals surface area (Å²) in [5.74, 6) is -1.77. The molecule has 0 aliphatic heterocycles. The largest absolute Gasteiger partial charge is 0.355 e. The summed E-state index contributed by atoms with van der Waals surface area (Å²) >= 11 is 0. The lowest BCUT2D eigenvalue weighted by Gasteiger charge is -2.31. The summed E-state index contributed by atoms with van der Waals surface area (Å²) in [6.45, 7) is 61.9. The van der Waals surface area contributed by atoms with Crippen LogP contribution in [0.4, 0.5) is 0 Å². The van der Waals surface area contributed by atoms with Gasteiger partial charge in [-0.05, 0) is 302 Å². The standard InChI is InChI=1S/C75H151N13O7.C4H11N/c1-54(40-26-36-50-79-69(5,6)7)62(90)84-56(42-28-34-48-77-64(92)58(86-73(17,18)19)44-30-37-51-80-70(8,9)10)63(91)76-47-33-27-41-55(61(89)68(2,3)4)83-66(94)57(85-67(95)60(88-75(23,24)25)46-32-39-53-82-72(14,15)16)43-29-35-49-78-65(93)59(87-74(20,21)22)45-31-38-52-81-71(11,12)13;1-4(2,3)5/h54-60,79-82,86-88H,26-53H2,1-25H3,(H,76,91)(H,77,92)(H,78,93)(H,83,94)(H,84,90)(H,85,95);5H2,1-3H3. The molecule has 7 unspecified atom stereocenters. The maximum Gasteiger partial charge on any atom is 0.243 e. The maximum atomic E-state index is 14.7. The van der Waals surface area contributed by atoms with E-state index in [-0.39, 0.29) is 105 Å². The molecule has 0 saturated carbocycles. The van der Waals surface area contributed by atoms with Crippen molar-refractivity contribution >= 4 is 41.2 Å². The Morgan fingerprint density at radius 2 is 0.470 bits per heavy atom. The van der Waals surface area contributed by atoms with Crippen molar-refractivity contribution in [1.82, 2.24) is 69.1 Å². The van der Waals surface area contributed by atoms with Crippen LogP contribution in [0.3, 0.4) is 0 Å². The van der Waals surface area contributed by atoms with E-state index < -0.39 is 41.0 Å². The van der Waals surface area contributed by atoms with E-state index in [0.717, 1.165) is 77.5 Å². The number of ketones is 1. The van der Waals surface area contributed by atoms with E-state index in [1.54, 1.807) is 0 Å². The van der Waals surface area contributed by atoms with E-state index >= 15 is 0 Å². The number of amides is 6. The quantitative estimate of drug-likeness (QED) is 0.0252. The van der Waals surface area contributed by atoms with Gasteiger partial charge in [0.2, 0.25) is 35.4 Å². The molecule has 0 aliphatic rings. The zero-order valence-electron chi connectivity index (χ0n) is 69.8. The summed E-state index contributed by atoms with van der Waals surface area (Å²) in [5, 5.41) is 43.3. The summed E-state index contributed by atoms with van der Waals surface area (Å²) < 4.78 is 0. The average molecular weight is 1420 g/mol. The fraction of sp³-hybridized carbons (Fsp3) is 0.911. The number of nitrogens with two attached hydrogens (primary N) is 1. The van der Waals surface area contributed by atoms with Crippen LogP contribution < -0.4 is 74.9 Å². The fourth-order valence-electron chi connectivity index (χ4n) is 11.0. The molecule has 6 amide bonds. The van der Waals surface area contributed by atoms with Gasteiger partial charge in [-0.25, -0.2) is 0 Å². The Labute approximate surface area is 613 Å². The van der Waals surface area contributed by atoms with Crippen LogP contribution in [-0.2, 0) is 33.6 Å². The first-order chi connectivity index (χ1) is 45.5. The van der Waals surface area contributed by atoms with Crippen molar-refractivity contribution in [2.75, 3.05) is 45.8 Å². The molecule has 0 aromatic heterocycles. The predicted molar refractivity (Wildman–Crippen MR) is 420 cm³/mol. The van der Waals surface area contributed by atoms with Gasteiger partial charge in [0.1, 0.15) is 12.1 Å². The number of rotatable bonds is 48. The first-order valence-corrected chi connectivity index (χ1v) is 38.9. The molecule has 0 aliphatic carbocycles. The Hall–Kier alpha value is -3.83. The van der Waals surface area contributed by atoms with Crippen LogP contribution in [0.15, 0.2) is 0 Å². The second-order valence-electron chi connectivity index (χ2n) is 38.0. The lowest BCUT2D eigenvalue weighted by Crippen LogP contribution is -2.57.